The van der Waals surface area contributed by atoms with E-state index in [1.54, 1.807) is 0 Å². The van der Waals surface area contributed by atoms with E-state index in [1.807, 2.05) is 0 Å². The monoisotopic (exact) mass is 508 g/mol. The number of carbonyl (C=O) groups is 3. The molecule has 0 spiro atoms. The van der Waals surface area contributed by atoms with Crippen LogP contribution in [0.1, 0.15) is 0 Å². The van der Waals surface area contributed by atoms with Gasteiger partial charge in [-0.05, 0) is 0 Å². The highest BCUT2D eigenvalue weighted by atomic mass is 16.6. The number of aldehydes is 1. The number of aliphatic hydroxyl groups excluding tert-OH is 7. The first-order chi connectivity index (χ1) is 16.5. The Morgan fingerprint density at radius 1 is 1.11 bits per heavy atom. The van der Waals surface area contributed by atoms with Gasteiger partial charge in [-0.25, -0.2) is 0 Å². The number of rotatable bonds is 11. The lowest BCUT2D eigenvalue weighted by Crippen LogP contribution is -2.69. The van der Waals surface area contributed by atoms with E-state index in [-0.39, 0.29) is 18.8 Å². The largest absolute Gasteiger partial charge is 0.394 e. The van der Waals surface area contributed by atoms with Gasteiger partial charge in [-0.3, -0.25) is 14.6 Å². The van der Waals surface area contributed by atoms with Gasteiger partial charge in [-0.1, -0.05) is 0 Å². The molecule has 1 saturated heterocycles. The first kappa shape index (κ1) is 28.8. The number of aliphatic hydroxyl groups is 7. The van der Waals surface area contributed by atoms with Crippen molar-refractivity contribution in [3.63, 3.8) is 0 Å². The molecule has 0 aliphatic carbocycles. The van der Waals surface area contributed by atoms with Crippen molar-refractivity contribution in [1.82, 2.24) is 15.5 Å². The molecule has 2 amide bonds. The predicted molar refractivity (Wildman–Crippen MR) is 114 cm³/mol. The van der Waals surface area contributed by atoms with Gasteiger partial charge in [-0.2, -0.15) is 0 Å². The third-order valence-electron chi connectivity index (χ3n) is 5.74. The molecule has 0 radical (unpaired) electrons. The van der Waals surface area contributed by atoms with Crippen LogP contribution in [0.5, 0.6) is 0 Å². The first-order valence-corrected chi connectivity index (χ1v) is 10.6. The van der Waals surface area contributed by atoms with Crippen molar-refractivity contribution < 1.29 is 54.9 Å². The second-order valence-electron chi connectivity index (χ2n) is 8.09. The van der Waals surface area contributed by atoms with Crippen LogP contribution < -0.4 is 22.1 Å². The zero-order valence-electron chi connectivity index (χ0n) is 18.5. The van der Waals surface area contributed by atoms with Crippen LogP contribution in [-0.2, 0) is 19.1 Å². The quantitative estimate of drug-likeness (QED) is 0.116. The van der Waals surface area contributed by atoms with Gasteiger partial charge < -0.3 is 72.3 Å². The molecule has 13 N–H and O–H groups in total. The summed E-state index contributed by atoms with van der Waals surface area (Å²) in [5, 5.41) is 73.7. The van der Waals surface area contributed by atoms with Crippen LogP contribution in [0.4, 0.5) is 0 Å². The summed E-state index contributed by atoms with van der Waals surface area (Å²) in [6, 6.07) is -5.94. The number of nitrogens with one attached hydrogen (secondary N) is 2. The molecule has 1 fully saturated rings. The van der Waals surface area contributed by atoms with Crippen LogP contribution in [-0.4, -0.2) is 152 Å². The van der Waals surface area contributed by atoms with Crippen molar-refractivity contribution in [3.8, 4) is 0 Å². The minimum Gasteiger partial charge on any atom is -0.394 e. The molecule has 2 unspecified atom stereocenters. The Labute approximate surface area is 199 Å². The molecule has 35 heavy (non-hydrogen) atoms. The van der Waals surface area contributed by atoms with Crippen molar-refractivity contribution in [1.29, 1.82) is 0 Å². The van der Waals surface area contributed by atoms with Gasteiger partial charge >= 0.3 is 0 Å². The molecule has 0 bridgehead atoms. The molecule has 0 aromatic heterocycles. The fraction of sp³-hybridized carbons (Fsp3) is 0.778. The van der Waals surface area contributed by atoms with Crippen LogP contribution in [0, 0.1) is 0 Å². The third kappa shape index (κ3) is 6.21. The maximum atomic E-state index is 12.8. The van der Waals surface area contributed by atoms with Crippen molar-refractivity contribution >= 4 is 24.1 Å². The molecule has 17 heteroatoms. The Bertz CT molecular complexity index is 786. The summed E-state index contributed by atoms with van der Waals surface area (Å²) in [5.41, 5.74) is 11.3. The fourth-order valence-corrected chi connectivity index (χ4v) is 3.70. The van der Waals surface area contributed by atoms with E-state index in [2.05, 4.69) is 15.6 Å². The zero-order chi connectivity index (χ0) is 26.4. The van der Waals surface area contributed by atoms with Crippen LogP contribution in [0.25, 0.3) is 0 Å². The molecular formula is C18H32N6O11. The van der Waals surface area contributed by atoms with Crippen LogP contribution >= 0.6 is 0 Å². The molecular weight excluding hydrogens is 476 g/mol. The Morgan fingerprint density at radius 3 is 2.31 bits per heavy atom. The van der Waals surface area contributed by atoms with Gasteiger partial charge in [0.2, 0.25) is 11.8 Å². The van der Waals surface area contributed by atoms with E-state index in [4.69, 9.17) is 21.3 Å². The molecule has 200 valence electrons. The summed E-state index contributed by atoms with van der Waals surface area (Å²) in [6.07, 6.45) is -9.76. The van der Waals surface area contributed by atoms with Gasteiger partial charge in [0, 0.05) is 0 Å². The highest BCUT2D eigenvalue weighted by Crippen LogP contribution is 2.28. The molecule has 10 atom stereocenters. The number of hydrogen-bond acceptors (Lipinski definition) is 15. The molecule has 2 aliphatic rings. The minimum atomic E-state index is -1.87. The third-order valence-corrected chi connectivity index (χ3v) is 5.74. The average molecular weight is 508 g/mol. The Balaban J connectivity index is 2.35. The zero-order valence-corrected chi connectivity index (χ0v) is 18.5. The summed E-state index contributed by atoms with van der Waals surface area (Å²) in [6.45, 7) is -2.60. The maximum Gasteiger partial charge on any atom is 0.246 e. The van der Waals surface area contributed by atoms with Gasteiger partial charge in [0.25, 0.3) is 0 Å². The smallest absolute Gasteiger partial charge is 0.246 e. The molecule has 2 aliphatic heterocycles. The van der Waals surface area contributed by atoms with Crippen molar-refractivity contribution in [3.05, 3.63) is 0 Å². The van der Waals surface area contributed by atoms with E-state index in [9.17, 15) is 45.0 Å². The molecule has 0 aromatic rings. The van der Waals surface area contributed by atoms with Crippen LogP contribution in [0.15, 0.2) is 4.99 Å². The predicted octanol–water partition coefficient (Wildman–Crippen LogP) is -8.37. The Kier molecular flexibility index (Phi) is 10.2. The van der Waals surface area contributed by atoms with Crippen LogP contribution in [0.2, 0.25) is 0 Å². The van der Waals surface area contributed by atoms with E-state index < -0.39 is 92.6 Å². The van der Waals surface area contributed by atoms with Gasteiger partial charge in [0.15, 0.2) is 12.2 Å². The van der Waals surface area contributed by atoms with Crippen molar-refractivity contribution in [2.75, 3.05) is 26.4 Å². The number of nitrogens with two attached hydrogens (primary N) is 2. The lowest BCUT2D eigenvalue weighted by Gasteiger charge is -2.46. The highest BCUT2D eigenvalue weighted by molar-refractivity contribution is 5.91. The lowest BCUT2D eigenvalue weighted by atomic mass is 9.95. The van der Waals surface area contributed by atoms with E-state index in [0.717, 1.165) is 4.90 Å². The van der Waals surface area contributed by atoms with Gasteiger partial charge in [0.1, 0.15) is 54.9 Å². The molecule has 2 rings (SSSR count). The fourth-order valence-electron chi connectivity index (χ4n) is 3.70. The summed E-state index contributed by atoms with van der Waals surface area (Å²) in [7, 11) is 0. The molecule has 0 saturated carbocycles. The van der Waals surface area contributed by atoms with Gasteiger partial charge in [0.05, 0.1) is 32.4 Å². The van der Waals surface area contributed by atoms with E-state index in [0.29, 0.717) is 0 Å². The number of nitrogens with zero attached hydrogens (tertiary/aromatic N) is 2. The standard InChI is InChI=1S/C18H32N6O11/c19-7(4-27)15(33)23-10(16(34)22-6(2-25)3-26)11(29)8-1-21-18(20)24(8)17-14(32)13(31)12(30)9(5-28)35-17/h2,6-14,17,26-32H,1,3-5,19H2,(H2,20,21)(H,22,34)(H,23,33)/t6-,7+,8?,9-,10-,11?,12-,13+,14+,17+/m1/s1. The Hall–Kier alpha value is -2.48. The van der Waals surface area contributed by atoms with E-state index >= 15 is 0 Å². The summed E-state index contributed by atoms with van der Waals surface area (Å²) in [4.78, 5) is 41.1. The first-order valence-electron chi connectivity index (χ1n) is 10.6. The maximum absolute atomic E-state index is 12.8. The lowest BCUT2D eigenvalue weighted by molar-refractivity contribution is -0.260. The number of ether oxygens (including phenoxy) is 1. The molecule has 17 nitrogen and oxygen atoms in total. The summed E-state index contributed by atoms with van der Waals surface area (Å²) >= 11 is 0. The summed E-state index contributed by atoms with van der Waals surface area (Å²) in [5.74, 6) is -2.44. The average Bonchev–Trinajstić information content (AvgIpc) is 3.24. The normalized spacial score (nSPS) is 32.2. The van der Waals surface area contributed by atoms with Crippen molar-refractivity contribution in [2.24, 2.45) is 16.5 Å². The molecule has 2 heterocycles. The molecule has 0 aromatic carbocycles. The summed E-state index contributed by atoms with van der Waals surface area (Å²) < 4.78 is 5.47. The second-order valence-corrected chi connectivity index (χ2v) is 8.09. The number of guanidine groups is 1. The number of aliphatic imine (C=N–C) groups is 1. The van der Waals surface area contributed by atoms with E-state index in [1.165, 1.54) is 0 Å². The highest BCUT2D eigenvalue weighted by Gasteiger charge is 2.51. The topological polar surface area (TPSA) is 294 Å². The number of carbonyl (C=O) groups excluding carboxylic acids is 3. The SMILES string of the molecule is NC1=NCC(C(O)[C@@H](NC(=O)[C@@H](N)CO)C(=O)N[C@H](C=O)CO)N1[C@H]1O[C@H](CO)[C@@H](O)[C@H](O)[C@@H]1O. The van der Waals surface area contributed by atoms with Crippen molar-refractivity contribution in [2.45, 2.75) is 60.9 Å². The van der Waals surface area contributed by atoms with Crippen LogP contribution in [0.3, 0.4) is 0 Å². The Morgan fingerprint density at radius 2 is 1.77 bits per heavy atom. The number of amides is 2. The van der Waals surface area contributed by atoms with Gasteiger partial charge in [-0.15, -0.1) is 0 Å². The minimum absolute atomic E-state index is 0.222. The second kappa shape index (κ2) is 12.5. The number of hydrogen-bond donors (Lipinski definition) is 11.